The molecule has 1 amide bonds. The van der Waals surface area contributed by atoms with Crippen molar-refractivity contribution in [2.45, 2.75) is 58.3 Å². The molecule has 1 aliphatic heterocycles. The van der Waals surface area contributed by atoms with Gasteiger partial charge in [0.1, 0.15) is 5.75 Å². The number of nitrogens with one attached hydrogen (secondary N) is 1. The molecule has 1 N–H and O–H groups in total. The zero-order chi connectivity index (χ0) is 21.6. The van der Waals surface area contributed by atoms with E-state index in [4.69, 9.17) is 4.74 Å². The Balaban J connectivity index is 1.41. The molecule has 5 heteroatoms. The Hall–Kier alpha value is -2.01. The van der Waals surface area contributed by atoms with Gasteiger partial charge in [0, 0.05) is 30.9 Å². The van der Waals surface area contributed by atoms with E-state index < -0.39 is 0 Å². The Morgan fingerprint density at radius 3 is 2.40 bits per heavy atom. The van der Waals surface area contributed by atoms with E-state index >= 15 is 0 Å². The molecule has 1 fully saturated rings. The molecule has 0 aromatic heterocycles. The second-order valence-corrected chi connectivity index (χ2v) is 9.84. The van der Waals surface area contributed by atoms with Crippen molar-refractivity contribution in [1.29, 1.82) is 0 Å². The zero-order valence-electron chi connectivity index (χ0n) is 18.3. The van der Waals surface area contributed by atoms with E-state index in [-0.39, 0.29) is 11.3 Å². The van der Waals surface area contributed by atoms with Crippen LogP contribution in [-0.2, 0) is 10.2 Å². The van der Waals surface area contributed by atoms with Crippen molar-refractivity contribution in [3.63, 3.8) is 0 Å². The number of carbonyl (C=O) groups excluding carboxylic acids is 1. The number of hydrogen-bond acceptors (Lipinski definition) is 3. The van der Waals surface area contributed by atoms with Gasteiger partial charge in [-0.15, -0.1) is 0 Å². The molecule has 0 unspecified atom stereocenters. The van der Waals surface area contributed by atoms with Gasteiger partial charge in [-0.25, -0.2) is 0 Å². The topological polar surface area (TPSA) is 41.6 Å². The quantitative estimate of drug-likeness (QED) is 0.465. The van der Waals surface area contributed by atoms with Crippen molar-refractivity contribution in [3.05, 3.63) is 52.5 Å². The molecule has 0 radical (unpaired) electrons. The fraction of sp³-hybridized carbons (Fsp3) is 0.480. The maximum atomic E-state index is 12.2. The first-order valence-electron chi connectivity index (χ1n) is 10.9. The Morgan fingerprint density at radius 1 is 1.07 bits per heavy atom. The summed E-state index contributed by atoms with van der Waals surface area (Å²) in [4.78, 5) is 14.7. The van der Waals surface area contributed by atoms with Crippen molar-refractivity contribution < 1.29 is 9.53 Å². The number of benzene rings is 2. The normalized spacial score (nSPS) is 14.5. The summed E-state index contributed by atoms with van der Waals surface area (Å²) >= 11 is 3.59. The molecule has 1 heterocycles. The van der Waals surface area contributed by atoms with Crippen LogP contribution in [0, 0.1) is 0 Å². The molecule has 2 aromatic carbocycles. The third-order valence-electron chi connectivity index (χ3n) is 5.48. The van der Waals surface area contributed by atoms with Gasteiger partial charge in [-0.3, -0.25) is 4.79 Å². The Bertz CT molecular complexity index is 837. The fourth-order valence-corrected chi connectivity index (χ4v) is 4.12. The molecule has 2 aromatic rings. The molecular formula is C25H33BrN2O2. The number of amides is 1. The van der Waals surface area contributed by atoms with E-state index in [2.05, 4.69) is 71.2 Å². The minimum absolute atomic E-state index is 0.0199. The average Bonchev–Trinajstić information content (AvgIpc) is 2.72. The van der Waals surface area contributed by atoms with Crippen LogP contribution in [-0.4, -0.2) is 25.6 Å². The summed E-state index contributed by atoms with van der Waals surface area (Å²) in [6.07, 6.45) is 4.96. The number of anilines is 2. The molecule has 0 saturated carbocycles. The van der Waals surface area contributed by atoms with Gasteiger partial charge in [0.15, 0.2) is 0 Å². The average molecular weight is 473 g/mol. The highest BCUT2D eigenvalue weighted by atomic mass is 79.9. The summed E-state index contributed by atoms with van der Waals surface area (Å²) in [6.45, 7) is 9.33. The number of hydrogen-bond donors (Lipinski definition) is 1. The van der Waals surface area contributed by atoms with E-state index in [0.29, 0.717) is 19.4 Å². The summed E-state index contributed by atoms with van der Waals surface area (Å²) in [6, 6.07) is 14.4. The van der Waals surface area contributed by atoms with E-state index in [1.54, 1.807) is 0 Å². The van der Waals surface area contributed by atoms with Crippen LogP contribution in [0.25, 0.3) is 0 Å². The van der Waals surface area contributed by atoms with Crippen molar-refractivity contribution in [2.75, 3.05) is 29.9 Å². The number of piperidine rings is 1. The van der Waals surface area contributed by atoms with Gasteiger partial charge in [0.05, 0.1) is 11.1 Å². The first kappa shape index (κ1) is 22.7. The van der Waals surface area contributed by atoms with Crippen LogP contribution in [0.2, 0.25) is 0 Å². The number of carbonyl (C=O) groups is 1. The van der Waals surface area contributed by atoms with Crippen LogP contribution in [0.1, 0.15) is 58.4 Å². The Labute approximate surface area is 189 Å². The predicted octanol–water partition coefficient (Wildman–Crippen LogP) is 6.53. The van der Waals surface area contributed by atoms with Crippen LogP contribution in [0.4, 0.5) is 11.4 Å². The van der Waals surface area contributed by atoms with Crippen molar-refractivity contribution >= 4 is 33.2 Å². The lowest BCUT2D eigenvalue weighted by Gasteiger charge is -2.28. The minimum atomic E-state index is 0.0199. The molecule has 4 nitrogen and oxygen atoms in total. The number of rotatable bonds is 7. The highest BCUT2D eigenvalue weighted by Gasteiger charge is 2.15. The summed E-state index contributed by atoms with van der Waals surface area (Å²) in [5, 5.41) is 2.98. The predicted molar refractivity (Wildman–Crippen MR) is 129 cm³/mol. The van der Waals surface area contributed by atoms with Crippen molar-refractivity contribution in [1.82, 2.24) is 0 Å². The maximum Gasteiger partial charge on any atom is 0.224 e. The van der Waals surface area contributed by atoms with Crippen LogP contribution in [0.15, 0.2) is 46.9 Å². The van der Waals surface area contributed by atoms with Crippen molar-refractivity contribution in [3.8, 4) is 5.75 Å². The third kappa shape index (κ3) is 6.49. The summed E-state index contributed by atoms with van der Waals surface area (Å²) in [5.41, 5.74) is 3.45. The zero-order valence-corrected chi connectivity index (χ0v) is 19.9. The molecule has 30 heavy (non-hydrogen) atoms. The third-order valence-corrected chi connectivity index (χ3v) is 6.10. The van der Waals surface area contributed by atoms with E-state index in [1.165, 1.54) is 30.5 Å². The van der Waals surface area contributed by atoms with Gasteiger partial charge in [-0.05, 0) is 89.0 Å². The largest absolute Gasteiger partial charge is 0.492 e. The van der Waals surface area contributed by atoms with Gasteiger partial charge in [0.2, 0.25) is 5.91 Å². The van der Waals surface area contributed by atoms with E-state index in [0.717, 1.165) is 29.0 Å². The molecule has 0 atom stereocenters. The highest BCUT2D eigenvalue weighted by Crippen LogP contribution is 2.31. The molecule has 0 spiro atoms. The lowest BCUT2D eigenvalue weighted by atomic mass is 9.87. The first-order valence-corrected chi connectivity index (χ1v) is 11.7. The van der Waals surface area contributed by atoms with Crippen LogP contribution < -0.4 is 15.0 Å². The second-order valence-electron chi connectivity index (χ2n) is 8.99. The van der Waals surface area contributed by atoms with Crippen molar-refractivity contribution in [2.24, 2.45) is 0 Å². The first-order chi connectivity index (χ1) is 14.3. The monoisotopic (exact) mass is 472 g/mol. The maximum absolute atomic E-state index is 12.2. The Kier molecular flexibility index (Phi) is 7.81. The van der Waals surface area contributed by atoms with Gasteiger partial charge in [0.25, 0.3) is 0 Å². The van der Waals surface area contributed by atoms with E-state index in [9.17, 15) is 4.79 Å². The number of nitrogens with zero attached hydrogens (tertiary/aromatic N) is 1. The molecule has 0 bridgehead atoms. The molecule has 1 aliphatic rings. The van der Waals surface area contributed by atoms with Gasteiger partial charge < -0.3 is 15.0 Å². The van der Waals surface area contributed by atoms with Gasteiger partial charge >= 0.3 is 0 Å². The van der Waals surface area contributed by atoms with Gasteiger partial charge in [-0.2, -0.15) is 0 Å². The smallest absolute Gasteiger partial charge is 0.224 e. The number of ether oxygens (including phenoxy) is 1. The summed E-state index contributed by atoms with van der Waals surface area (Å²) < 4.78 is 6.81. The number of halogens is 1. The molecular weight excluding hydrogens is 440 g/mol. The molecule has 3 rings (SSSR count). The molecule has 162 valence electrons. The van der Waals surface area contributed by atoms with Crippen LogP contribution in [0.3, 0.4) is 0 Å². The Morgan fingerprint density at radius 2 is 1.77 bits per heavy atom. The lowest BCUT2D eigenvalue weighted by Crippen LogP contribution is -2.29. The summed E-state index contributed by atoms with van der Waals surface area (Å²) in [5.74, 6) is 0.836. The highest BCUT2D eigenvalue weighted by molar-refractivity contribution is 9.10. The standard InChI is InChI=1S/C25H33BrN2O2/c1-25(2,3)19-9-14-23(22(26)18-19)30-17-7-8-24(29)27-20-10-12-21(13-11-20)28-15-5-4-6-16-28/h9-14,18H,4-8,15-17H2,1-3H3,(H,27,29). The SMILES string of the molecule is CC(C)(C)c1ccc(OCCCC(=O)Nc2ccc(N3CCCCC3)cc2)c(Br)c1. The van der Waals surface area contributed by atoms with E-state index in [1.807, 2.05) is 18.2 Å². The minimum Gasteiger partial charge on any atom is -0.492 e. The summed E-state index contributed by atoms with van der Waals surface area (Å²) in [7, 11) is 0. The fourth-order valence-electron chi connectivity index (χ4n) is 3.63. The van der Waals surface area contributed by atoms with Gasteiger partial charge in [-0.1, -0.05) is 26.8 Å². The lowest BCUT2D eigenvalue weighted by molar-refractivity contribution is -0.116. The van der Waals surface area contributed by atoms with Crippen LogP contribution in [0.5, 0.6) is 5.75 Å². The molecule has 1 saturated heterocycles. The van der Waals surface area contributed by atoms with Crippen LogP contribution >= 0.6 is 15.9 Å². The second kappa shape index (κ2) is 10.3. The molecule has 0 aliphatic carbocycles.